The normalized spacial score (nSPS) is 14.3. The Bertz CT molecular complexity index is 1140. The summed E-state index contributed by atoms with van der Waals surface area (Å²) in [5.74, 6) is -8.32. The second-order valence-electron chi connectivity index (χ2n) is 15.3. The van der Waals surface area contributed by atoms with Crippen LogP contribution < -0.4 is 0 Å². The van der Waals surface area contributed by atoms with Gasteiger partial charge in [0.25, 0.3) is 11.8 Å². The summed E-state index contributed by atoms with van der Waals surface area (Å²) >= 11 is 0. The molecular formula is C37H72F10O13Si3. The molecule has 0 spiro atoms. The Hall–Kier alpha value is -0.569. The van der Waals surface area contributed by atoms with E-state index >= 15 is 8.78 Å². The Morgan fingerprint density at radius 2 is 0.683 bits per heavy atom. The quantitative estimate of drug-likeness (QED) is 0.0328. The fraction of sp³-hybridized carbons (Fsp3) is 1.00. The van der Waals surface area contributed by atoms with Crippen LogP contribution in [0.5, 0.6) is 0 Å². The summed E-state index contributed by atoms with van der Waals surface area (Å²) in [5, 5.41) is 0. The highest BCUT2D eigenvalue weighted by Crippen LogP contribution is 2.44. The largest absolute Gasteiger partial charge is 0.500 e. The zero-order chi connectivity index (χ0) is 48.5. The van der Waals surface area contributed by atoms with Crippen LogP contribution in [0.25, 0.3) is 0 Å². The van der Waals surface area contributed by atoms with Crippen LogP contribution >= 0.6 is 0 Å². The van der Waals surface area contributed by atoms with Crippen molar-refractivity contribution in [2.24, 2.45) is 5.41 Å². The first-order chi connectivity index (χ1) is 29.3. The lowest BCUT2D eigenvalue weighted by Crippen LogP contribution is -2.43. The van der Waals surface area contributed by atoms with Gasteiger partial charge in [-0.2, -0.15) is 26.3 Å². The monoisotopic (exact) mass is 998 g/mol. The van der Waals surface area contributed by atoms with E-state index in [2.05, 4.69) is 18.9 Å². The van der Waals surface area contributed by atoms with Crippen LogP contribution in [0.3, 0.4) is 0 Å². The van der Waals surface area contributed by atoms with Crippen molar-refractivity contribution in [1.82, 2.24) is 0 Å². The van der Waals surface area contributed by atoms with Gasteiger partial charge in [0.1, 0.15) is 32.8 Å². The van der Waals surface area contributed by atoms with Crippen molar-refractivity contribution >= 4 is 26.4 Å². The third-order valence-electron chi connectivity index (χ3n) is 10.8. The number of unbranched alkanes of at least 4 members (excludes halogenated alkanes) is 4. The lowest BCUT2D eigenvalue weighted by molar-refractivity contribution is -0.397. The number of alkyl halides is 10. The Morgan fingerprint density at radius 3 is 1.11 bits per heavy atom. The van der Waals surface area contributed by atoms with Crippen LogP contribution in [0.2, 0.25) is 18.1 Å². The molecule has 26 heteroatoms. The van der Waals surface area contributed by atoms with Crippen molar-refractivity contribution in [3.63, 3.8) is 0 Å². The molecule has 380 valence electrons. The molecule has 0 aliphatic rings. The van der Waals surface area contributed by atoms with E-state index in [0.29, 0.717) is 57.3 Å². The molecule has 0 saturated carbocycles. The molecule has 63 heavy (non-hydrogen) atoms. The number of ether oxygens (including phenoxy) is 4. The van der Waals surface area contributed by atoms with Crippen LogP contribution in [0.15, 0.2) is 0 Å². The van der Waals surface area contributed by atoms with Gasteiger partial charge in [-0.1, -0.05) is 25.7 Å². The number of methoxy groups -OCH3 is 1. The molecule has 0 bridgehead atoms. The van der Waals surface area contributed by atoms with Crippen molar-refractivity contribution in [2.45, 2.75) is 138 Å². The minimum Gasteiger partial charge on any atom is -0.377 e. The van der Waals surface area contributed by atoms with E-state index in [-0.39, 0.29) is 12.8 Å². The average Bonchev–Trinajstić information content (AvgIpc) is 3.21. The summed E-state index contributed by atoms with van der Waals surface area (Å²) in [6, 6.07) is 1.52. The van der Waals surface area contributed by atoms with Crippen molar-refractivity contribution in [3.05, 3.63) is 0 Å². The number of rotatable bonds is 42. The summed E-state index contributed by atoms with van der Waals surface area (Å²) < 4.78 is 207. The molecule has 0 aliphatic carbocycles. The Kier molecular flexibility index (Phi) is 29.1. The predicted molar refractivity (Wildman–Crippen MR) is 216 cm³/mol. The van der Waals surface area contributed by atoms with Gasteiger partial charge in [0.15, 0.2) is 0 Å². The van der Waals surface area contributed by atoms with Crippen molar-refractivity contribution in [3.8, 4) is 0 Å². The topological polar surface area (TPSA) is 120 Å². The molecule has 13 nitrogen and oxygen atoms in total. The van der Waals surface area contributed by atoms with E-state index < -0.39 is 101 Å². The van der Waals surface area contributed by atoms with Crippen molar-refractivity contribution in [1.29, 1.82) is 0 Å². The molecule has 0 radical (unpaired) electrons. The lowest BCUT2D eigenvalue weighted by Gasteiger charge is -2.37. The summed E-state index contributed by atoms with van der Waals surface area (Å²) in [7, 11) is 5.37. The smallest absolute Gasteiger partial charge is 0.377 e. The first kappa shape index (κ1) is 62.4. The van der Waals surface area contributed by atoms with Gasteiger partial charge in [-0.25, -0.2) is 17.6 Å². The molecule has 0 aromatic heterocycles. The predicted octanol–water partition coefficient (Wildman–Crippen LogP) is 9.81. The molecule has 0 fully saturated rings. The highest BCUT2D eigenvalue weighted by atomic mass is 28.4. The van der Waals surface area contributed by atoms with E-state index in [4.69, 9.17) is 39.8 Å². The second kappa shape index (κ2) is 29.3. The third-order valence-corrected chi connectivity index (χ3v) is 19.3. The Balaban J connectivity index is 5.92. The number of halogens is 10. The number of hydrogen-bond donors (Lipinski definition) is 0. The summed E-state index contributed by atoms with van der Waals surface area (Å²) in [6.07, 6.45) is -10.5. The van der Waals surface area contributed by atoms with Gasteiger partial charge in [-0.05, 0) is 56.8 Å². The van der Waals surface area contributed by atoms with Crippen LogP contribution in [0, 0.1) is 5.41 Å². The van der Waals surface area contributed by atoms with Gasteiger partial charge < -0.3 is 54.0 Å². The lowest BCUT2D eigenvalue weighted by atomic mass is 9.71. The zero-order valence-electron chi connectivity index (χ0n) is 38.4. The fourth-order valence-electron chi connectivity index (χ4n) is 7.28. The molecule has 0 N–H and O–H groups in total. The van der Waals surface area contributed by atoms with Crippen LogP contribution in [0.1, 0.15) is 89.9 Å². The molecule has 0 unspecified atom stereocenters. The van der Waals surface area contributed by atoms with E-state index in [0.717, 1.165) is 32.1 Å². The molecule has 0 aromatic carbocycles. The SMILES string of the molecule is COC(F)(F)COCC(F)(F)CC(F)(F)OC(F)(F)COCC(F)(F)CCCC(CCCCCCC[Si](OC)(OC)OC)(CCC[Si](OC)(OC)OC)CCC[Si](OC)(OC)OC. The van der Waals surface area contributed by atoms with Crippen LogP contribution in [-0.2, 0) is 58.8 Å². The summed E-state index contributed by atoms with van der Waals surface area (Å²) in [5.41, 5.74) is -0.518. The van der Waals surface area contributed by atoms with E-state index in [9.17, 15) is 35.1 Å². The van der Waals surface area contributed by atoms with Gasteiger partial charge in [-0.3, -0.25) is 4.74 Å². The first-order valence-corrected chi connectivity index (χ1v) is 26.3. The molecule has 0 amide bonds. The van der Waals surface area contributed by atoms with E-state index in [1.165, 1.54) is 42.7 Å². The molecule has 0 rings (SSSR count). The van der Waals surface area contributed by atoms with Gasteiger partial charge in [0.05, 0.1) is 0 Å². The zero-order valence-corrected chi connectivity index (χ0v) is 41.4. The Labute approximate surface area is 369 Å². The van der Waals surface area contributed by atoms with Gasteiger partial charge in [0, 0.05) is 95.7 Å². The average molecular weight is 999 g/mol. The van der Waals surface area contributed by atoms with Crippen molar-refractivity contribution < 1.29 is 103 Å². The third kappa shape index (κ3) is 24.9. The highest BCUT2D eigenvalue weighted by Gasteiger charge is 2.52. The van der Waals surface area contributed by atoms with E-state index in [1.54, 1.807) is 21.3 Å². The molecular weight excluding hydrogens is 927 g/mol. The maximum atomic E-state index is 15.2. The van der Waals surface area contributed by atoms with Gasteiger partial charge in [0.2, 0.25) is 0 Å². The second-order valence-corrected chi connectivity index (χ2v) is 24.6. The molecule has 0 heterocycles. The minimum absolute atomic E-state index is 0.0879. The molecule has 0 saturated heterocycles. The van der Waals surface area contributed by atoms with Gasteiger partial charge in [-0.15, -0.1) is 0 Å². The molecule has 0 aromatic rings. The fourth-order valence-corrected chi connectivity index (χ4v) is 12.5. The van der Waals surface area contributed by atoms with E-state index in [1.807, 2.05) is 0 Å². The summed E-state index contributed by atoms with van der Waals surface area (Å²) in [4.78, 5) is 0. The maximum absolute atomic E-state index is 15.2. The molecule has 0 aliphatic heterocycles. The number of hydrogen-bond acceptors (Lipinski definition) is 13. The van der Waals surface area contributed by atoms with Crippen molar-refractivity contribution in [2.75, 3.05) is 97.5 Å². The van der Waals surface area contributed by atoms with Gasteiger partial charge >= 0.3 is 44.7 Å². The van der Waals surface area contributed by atoms with Crippen LogP contribution in [-0.4, -0.2) is 154 Å². The standard InChI is InChI=1S/C37H72F10O13Si3/c1-48-36(44,45)30-59-29-34(40,41)27-35(42,43)60-37(46,47)31-58-28-33(38,39)23-16-20-32(21-17-25-62(52-5,53-6)54-7,22-18-26-63(55-8,56-9)57-10)19-14-12-11-13-15-24-61(49-2,50-3)51-4/h11-31H2,1-10H3. The maximum Gasteiger partial charge on any atom is 0.500 e. The highest BCUT2D eigenvalue weighted by molar-refractivity contribution is 6.61. The Morgan fingerprint density at radius 1 is 0.333 bits per heavy atom. The minimum atomic E-state index is -5.24. The first-order valence-electron chi connectivity index (χ1n) is 20.5. The van der Waals surface area contributed by atoms with Crippen LogP contribution in [0.4, 0.5) is 43.9 Å². The summed E-state index contributed by atoms with van der Waals surface area (Å²) in [6.45, 7) is -7.47. The molecule has 0 atom stereocenters.